The molecule has 0 spiro atoms. The van der Waals surface area contributed by atoms with Gasteiger partial charge < -0.3 is 14.4 Å². The van der Waals surface area contributed by atoms with Crippen LogP contribution in [0.15, 0.2) is 77.6 Å². The van der Waals surface area contributed by atoms with Crippen molar-refractivity contribution in [1.29, 1.82) is 0 Å². The van der Waals surface area contributed by atoms with Gasteiger partial charge in [0.1, 0.15) is 5.82 Å². The second kappa shape index (κ2) is 7.65. The fourth-order valence-electron chi connectivity index (χ4n) is 2.77. The molecular formula is C20H19N5O. The van der Waals surface area contributed by atoms with E-state index in [0.29, 0.717) is 18.4 Å². The summed E-state index contributed by atoms with van der Waals surface area (Å²) in [5.74, 6) is 2.02. The zero-order valence-corrected chi connectivity index (χ0v) is 14.2. The summed E-state index contributed by atoms with van der Waals surface area (Å²) < 4.78 is 7.45. The van der Waals surface area contributed by atoms with Crippen molar-refractivity contribution in [3.8, 4) is 11.5 Å². The van der Waals surface area contributed by atoms with Gasteiger partial charge in [-0.25, -0.2) is 4.98 Å². The summed E-state index contributed by atoms with van der Waals surface area (Å²) in [6.45, 7) is 1.50. The van der Waals surface area contributed by atoms with Gasteiger partial charge in [-0.15, -0.1) is 0 Å². The molecule has 2 aromatic heterocycles. The highest BCUT2D eigenvalue weighted by atomic mass is 16.5. The first-order valence-corrected chi connectivity index (χ1v) is 8.55. The molecule has 6 nitrogen and oxygen atoms in total. The summed E-state index contributed by atoms with van der Waals surface area (Å²) in [4.78, 5) is 8.83. The molecule has 0 aliphatic carbocycles. The molecule has 26 heavy (non-hydrogen) atoms. The lowest BCUT2D eigenvalue weighted by Crippen LogP contribution is -2.11. The Morgan fingerprint density at radius 2 is 1.73 bits per heavy atom. The SMILES string of the molecule is c1ccc(Cn2ccnc2CCNc2noc(-c3ccccc3)n2)cc1. The molecule has 2 aromatic carbocycles. The maximum Gasteiger partial charge on any atom is 0.263 e. The molecule has 2 heterocycles. The molecule has 0 amide bonds. The molecule has 0 saturated heterocycles. The largest absolute Gasteiger partial charge is 0.351 e. The van der Waals surface area contributed by atoms with Gasteiger partial charge in [-0.3, -0.25) is 0 Å². The summed E-state index contributed by atoms with van der Waals surface area (Å²) >= 11 is 0. The van der Waals surface area contributed by atoms with Crippen molar-refractivity contribution >= 4 is 5.95 Å². The highest BCUT2D eigenvalue weighted by Crippen LogP contribution is 2.17. The van der Waals surface area contributed by atoms with Gasteiger partial charge in [-0.05, 0) is 22.9 Å². The van der Waals surface area contributed by atoms with Crippen LogP contribution < -0.4 is 5.32 Å². The van der Waals surface area contributed by atoms with Crippen LogP contribution in [-0.4, -0.2) is 26.2 Å². The highest BCUT2D eigenvalue weighted by Gasteiger charge is 2.09. The minimum Gasteiger partial charge on any atom is -0.351 e. The third-order valence-electron chi connectivity index (χ3n) is 4.08. The molecule has 0 fully saturated rings. The fourth-order valence-corrected chi connectivity index (χ4v) is 2.77. The number of hydrogen-bond acceptors (Lipinski definition) is 5. The number of nitrogens with zero attached hydrogens (tertiary/aromatic N) is 4. The van der Waals surface area contributed by atoms with Crippen molar-refractivity contribution in [2.24, 2.45) is 0 Å². The van der Waals surface area contributed by atoms with Gasteiger partial charge in [0.05, 0.1) is 0 Å². The molecule has 0 radical (unpaired) electrons. The fraction of sp³-hybridized carbons (Fsp3) is 0.150. The van der Waals surface area contributed by atoms with Crippen LogP contribution in [0.5, 0.6) is 0 Å². The number of hydrogen-bond donors (Lipinski definition) is 1. The summed E-state index contributed by atoms with van der Waals surface area (Å²) in [7, 11) is 0. The standard InChI is InChI=1S/C20H19N5O/c1-3-7-16(8-4-1)15-25-14-13-21-18(25)11-12-22-20-23-19(26-24-20)17-9-5-2-6-10-17/h1-10,13-14H,11-12,15H2,(H,22,24). The second-order valence-corrected chi connectivity index (χ2v) is 5.92. The minimum absolute atomic E-state index is 0.491. The normalized spacial score (nSPS) is 10.8. The first-order valence-electron chi connectivity index (χ1n) is 8.55. The van der Waals surface area contributed by atoms with Gasteiger partial charge in [0, 0.05) is 37.5 Å². The zero-order valence-electron chi connectivity index (χ0n) is 14.2. The predicted octanol–water partition coefficient (Wildman–Crippen LogP) is 3.64. The van der Waals surface area contributed by atoms with E-state index in [0.717, 1.165) is 24.4 Å². The Hall–Kier alpha value is -3.41. The lowest BCUT2D eigenvalue weighted by atomic mass is 10.2. The Kier molecular flexibility index (Phi) is 4.73. The summed E-state index contributed by atoms with van der Waals surface area (Å²) in [6.07, 6.45) is 4.61. The van der Waals surface area contributed by atoms with Crippen molar-refractivity contribution < 1.29 is 4.52 Å². The monoisotopic (exact) mass is 345 g/mol. The first-order chi connectivity index (χ1) is 12.9. The van der Waals surface area contributed by atoms with E-state index in [9.17, 15) is 0 Å². The Morgan fingerprint density at radius 3 is 2.54 bits per heavy atom. The van der Waals surface area contributed by atoms with E-state index in [2.05, 4.69) is 37.1 Å². The van der Waals surface area contributed by atoms with Crippen LogP contribution in [0, 0.1) is 0 Å². The Labute approximate surface area is 151 Å². The molecule has 6 heteroatoms. The summed E-state index contributed by atoms with van der Waals surface area (Å²) in [5, 5.41) is 7.17. The van der Waals surface area contributed by atoms with Crippen molar-refractivity contribution in [2.75, 3.05) is 11.9 Å². The molecule has 4 aromatic rings. The molecule has 0 atom stereocenters. The van der Waals surface area contributed by atoms with Crippen LogP contribution >= 0.6 is 0 Å². The van der Waals surface area contributed by atoms with Crippen LogP contribution in [0.3, 0.4) is 0 Å². The number of imidazole rings is 1. The van der Waals surface area contributed by atoms with Crippen molar-refractivity contribution in [1.82, 2.24) is 19.7 Å². The number of benzene rings is 2. The lowest BCUT2D eigenvalue weighted by molar-refractivity contribution is 0.432. The van der Waals surface area contributed by atoms with E-state index in [-0.39, 0.29) is 0 Å². The van der Waals surface area contributed by atoms with Crippen LogP contribution in [0.25, 0.3) is 11.5 Å². The van der Waals surface area contributed by atoms with E-state index in [1.54, 1.807) is 0 Å². The number of nitrogens with one attached hydrogen (secondary N) is 1. The maximum absolute atomic E-state index is 5.30. The van der Waals surface area contributed by atoms with E-state index in [1.165, 1.54) is 5.56 Å². The number of rotatable bonds is 7. The third-order valence-corrected chi connectivity index (χ3v) is 4.08. The van der Waals surface area contributed by atoms with Crippen molar-refractivity contribution in [2.45, 2.75) is 13.0 Å². The quantitative estimate of drug-likeness (QED) is 0.554. The average molecular weight is 345 g/mol. The van der Waals surface area contributed by atoms with Crippen LogP contribution in [-0.2, 0) is 13.0 Å². The van der Waals surface area contributed by atoms with Gasteiger partial charge in [0.25, 0.3) is 11.8 Å². The van der Waals surface area contributed by atoms with Crippen LogP contribution in [0.2, 0.25) is 0 Å². The Morgan fingerprint density at radius 1 is 0.962 bits per heavy atom. The average Bonchev–Trinajstić information content (AvgIpc) is 3.33. The first kappa shape index (κ1) is 16.1. The van der Waals surface area contributed by atoms with Crippen molar-refractivity contribution in [3.05, 3.63) is 84.4 Å². The van der Waals surface area contributed by atoms with Crippen molar-refractivity contribution in [3.63, 3.8) is 0 Å². The molecule has 0 saturated carbocycles. The smallest absolute Gasteiger partial charge is 0.263 e. The maximum atomic E-state index is 5.30. The van der Waals surface area contributed by atoms with Gasteiger partial charge >= 0.3 is 0 Å². The van der Waals surface area contributed by atoms with Gasteiger partial charge in [0.2, 0.25) is 0 Å². The second-order valence-electron chi connectivity index (χ2n) is 5.92. The predicted molar refractivity (Wildman–Crippen MR) is 99.7 cm³/mol. The molecule has 0 bridgehead atoms. The van der Waals surface area contributed by atoms with E-state index >= 15 is 0 Å². The van der Waals surface area contributed by atoms with E-state index in [4.69, 9.17) is 4.52 Å². The number of aromatic nitrogens is 4. The van der Waals surface area contributed by atoms with Crippen LogP contribution in [0.4, 0.5) is 5.95 Å². The Bertz CT molecular complexity index is 947. The van der Waals surface area contributed by atoms with E-state index < -0.39 is 0 Å². The molecule has 4 rings (SSSR count). The van der Waals surface area contributed by atoms with Gasteiger partial charge in [-0.2, -0.15) is 4.98 Å². The Balaban J connectivity index is 1.34. The van der Waals surface area contributed by atoms with Gasteiger partial charge in [-0.1, -0.05) is 48.5 Å². The molecule has 0 aliphatic heterocycles. The molecule has 0 aliphatic rings. The lowest BCUT2D eigenvalue weighted by Gasteiger charge is -2.08. The van der Waals surface area contributed by atoms with Crippen LogP contribution in [0.1, 0.15) is 11.4 Å². The molecular weight excluding hydrogens is 326 g/mol. The highest BCUT2D eigenvalue weighted by molar-refractivity contribution is 5.53. The molecule has 0 unspecified atom stereocenters. The topological polar surface area (TPSA) is 68.8 Å². The summed E-state index contributed by atoms with van der Waals surface area (Å²) in [6, 6.07) is 20.1. The van der Waals surface area contributed by atoms with E-state index in [1.807, 2.05) is 60.9 Å². The summed E-state index contributed by atoms with van der Waals surface area (Å²) in [5.41, 5.74) is 2.16. The third kappa shape index (κ3) is 3.80. The zero-order chi connectivity index (χ0) is 17.6. The molecule has 1 N–H and O–H groups in total. The minimum atomic E-state index is 0.491. The van der Waals surface area contributed by atoms with Gasteiger partial charge in [0.15, 0.2) is 0 Å². The molecule has 130 valence electrons. The number of anilines is 1.